The van der Waals surface area contributed by atoms with Crippen molar-refractivity contribution in [2.45, 2.75) is 70.1 Å². The lowest BCUT2D eigenvalue weighted by Crippen LogP contribution is -2.30. The van der Waals surface area contributed by atoms with Gasteiger partial charge in [-0.05, 0) is 53.1 Å². The van der Waals surface area contributed by atoms with E-state index >= 15 is 0 Å². The first-order valence-corrected chi connectivity index (χ1v) is 10.9. The zero-order valence-corrected chi connectivity index (χ0v) is 18.6. The zero-order chi connectivity index (χ0) is 21.1. The maximum absolute atomic E-state index is 5.15. The van der Waals surface area contributed by atoms with Crippen LogP contribution < -0.4 is 0 Å². The van der Waals surface area contributed by atoms with Gasteiger partial charge in [0.1, 0.15) is 0 Å². The molecule has 0 aliphatic heterocycles. The summed E-state index contributed by atoms with van der Waals surface area (Å²) in [6, 6.07) is 14.0. The van der Waals surface area contributed by atoms with E-state index in [1.165, 1.54) is 52.5 Å². The third-order valence-corrected chi connectivity index (χ3v) is 7.20. The molecule has 0 unspecified atom stereocenters. The lowest BCUT2D eigenvalue weighted by molar-refractivity contribution is 0.384. The Morgan fingerprint density at radius 2 is 1.50 bits per heavy atom. The highest BCUT2D eigenvalue weighted by molar-refractivity contribution is 5.57. The topological polar surface area (TPSA) is 38.9 Å². The molecule has 3 nitrogen and oxygen atoms in total. The van der Waals surface area contributed by atoms with Crippen molar-refractivity contribution in [2.75, 3.05) is 0 Å². The number of allylic oxidation sites excluding steroid dienone is 2. The number of nitrogens with zero attached hydrogens (tertiary/aromatic N) is 2. The van der Waals surface area contributed by atoms with Crippen molar-refractivity contribution in [3.05, 3.63) is 94.1 Å². The van der Waals surface area contributed by atoms with Crippen LogP contribution in [0, 0.1) is 6.92 Å². The van der Waals surface area contributed by atoms with Crippen molar-refractivity contribution < 1.29 is 4.52 Å². The molecule has 2 aliphatic rings. The highest BCUT2D eigenvalue weighted by atomic mass is 16.5. The summed E-state index contributed by atoms with van der Waals surface area (Å²) in [5, 5.41) is 3.70. The second-order valence-corrected chi connectivity index (χ2v) is 10.3. The van der Waals surface area contributed by atoms with Gasteiger partial charge in [0.25, 0.3) is 0 Å². The van der Waals surface area contributed by atoms with Gasteiger partial charge in [0.15, 0.2) is 6.33 Å². The molecule has 0 bridgehead atoms. The molecule has 1 saturated carbocycles. The molecule has 0 atom stereocenters. The fourth-order valence-electron chi connectivity index (χ4n) is 5.11. The standard InChI is InChI=1S/C27H30N2O/c1-18-14-22-23(26(4,5)11-10-25(22,2)3)16-21(18)27(12-13-27)20-8-6-19(7-9-20)15-24-28-17-29-30-24/h6-11,14,16-17H,12-13,15H2,1-5H3. The summed E-state index contributed by atoms with van der Waals surface area (Å²) in [6.07, 6.45) is 9.34. The van der Waals surface area contributed by atoms with Crippen LogP contribution in [0.25, 0.3) is 0 Å². The first-order chi connectivity index (χ1) is 14.2. The van der Waals surface area contributed by atoms with Gasteiger partial charge in [0.05, 0.1) is 6.42 Å². The lowest BCUT2D eigenvalue weighted by Gasteiger charge is -2.38. The highest BCUT2D eigenvalue weighted by Gasteiger charge is 2.47. The van der Waals surface area contributed by atoms with Crippen molar-refractivity contribution in [3.63, 3.8) is 0 Å². The predicted molar refractivity (Wildman–Crippen MR) is 120 cm³/mol. The van der Waals surface area contributed by atoms with Gasteiger partial charge in [-0.25, -0.2) is 0 Å². The van der Waals surface area contributed by atoms with E-state index in [0.29, 0.717) is 12.3 Å². The van der Waals surface area contributed by atoms with Gasteiger partial charge in [-0.2, -0.15) is 4.98 Å². The average molecular weight is 399 g/mol. The monoisotopic (exact) mass is 398 g/mol. The van der Waals surface area contributed by atoms with E-state index in [1.54, 1.807) is 0 Å². The summed E-state index contributed by atoms with van der Waals surface area (Å²) < 4.78 is 5.15. The number of fused-ring (bicyclic) bond motifs is 1. The minimum Gasteiger partial charge on any atom is -0.339 e. The maximum atomic E-state index is 5.15. The minimum absolute atomic E-state index is 0.0668. The molecule has 154 valence electrons. The summed E-state index contributed by atoms with van der Waals surface area (Å²) in [6.45, 7) is 11.6. The summed E-state index contributed by atoms with van der Waals surface area (Å²) in [7, 11) is 0. The van der Waals surface area contributed by atoms with Crippen molar-refractivity contribution in [2.24, 2.45) is 0 Å². The van der Waals surface area contributed by atoms with E-state index in [2.05, 4.69) is 93.3 Å². The highest BCUT2D eigenvalue weighted by Crippen LogP contribution is 2.56. The van der Waals surface area contributed by atoms with Gasteiger partial charge in [-0.1, -0.05) is 81.4 Å². The van der Waals surface area contributed by atoms with Crippen LogP contribution in [-0.2, 0) is 22.7 Å². The Hall–Kier alpha value is -2.68. The maximum Gasteiger partial charge on any atom is 0.230 e. The number of aryl methyl sites for hydroxylation is 1. The third kappa shape index (κ3) is 3.03. The van der Waals surface area contributed by atoms with Crippen LogP contribution in [-0.4, -0.2) is 10.1 Å². The fourth-order valence-corrected chi connectivity index (χ4v) is 5.11. The molecule has 30 heavy (non-hydrogen) atoms. The summed E-state index contributed by atoms with van der Waals surface area (Å²) in [5.74, 6) is 0.660. The van der Waals surface area contributed by atoms with E-state index in [0.717, 1.165) is 0 Å². The molecule has 2 aliphatic carbocycles. The number of hydrogen-bond acceptors (Lipinski definition) is 3. The second kappa shape index (κ2) is 6.41. The Balaban J connectivity index is 1.53. The lowest BCUT2D eigenvalue weighted by atomic mass is 9.66. The van der Waals surface area contributed by atoms with Crippen LogP contribution in [0.5, 0.6) is 0 Å². The van der Waals surface area contributed by atoms with Crippen LogP contribution in [0.2, 0.25) is 0 Å². The summed E-state index contributed by atoms with van der Waals surface area (Å²) in [5.41, 5.74) is 8.81. The number of rotatable bonds is 4. The summed E-state index contributed by atoms with van der Waals surface area (Å²) in [4.78, 5) is 4.14. The predicted octanol–water partition coefficient (Wildman–Crippen LogP) is 6.17. The molecule has 5 rings (SSSR count). The van der Waals surface area contributed by atoms with E-state index in [9.17, 15) is 0 Å². The van der Waals surface area contributed by atoms with Crippen LogP contribution in [0.4, 0.5) is 0 Å². The molecule has 0 saturated heterocycles. The SMILES string of the molecule is Cc1cc2c(cc1C1(c3ccc(Cc4ncno4)cc3)CC1)C(C)(C)C=CC2(C)C. The van der Waals surface area contributed by atoms with Gasteiger partial charge in [-0.15, -0.1) is 0 Å². The van der Waals surface area contributed by atoms with Crippen molar-refractivity contribution in [3.8, 4) is 0 Å². The molecule has 0 radical (unpaired) electrons. The van der Waals surface area contributed by atoms with Crippen LogP contribution in [0.3, 0.4) is 0 Å². The number of hydrogen-bond donors (Lipinski definition) is 0. The Bertz CT molecular complexity index is 1110. The van der Waals surface area contributed by atoms with E-state index in [4.69, 9.17) is 4.52 Å². The number of aromatic nitrogens is 2. The Morgan fingerprint density at radius 3 is 2.07 bits per heavy atom. The smallest absolute Gasteiger partial charge is 0.230 e. The Labute approximate surface area is 179 Å². The van der Waals surface area contributed by atoms with Crippen molar-refractivity contribution >= 4 is 0 Å². The quantitative estimate of drug-likeness (QED) is 0.493. The van der Waals surface area contributed by atoms with Gasteiger partial charge < -0.3 is 4.52 Å². The molecule has 0 N–H and O–H groups in total. The van der Waals surface area contributed by atoms with Crippen LogP contribution >= 0.6 is 0 Å². The molecule has 1 aromatic heterocycles. The largest absolute Gasteiger partial charge is 0.339 e. The molecule has 3 aromatic rings. The van der Waals surface area contributed by atoms with Gasteiger partial charge in [-0.3, -0.25) is 0 Å². The third-order valence-electron chi connectivity index (χ3n) is 7.20. The molecule has 2 aromatic carbocycles. The summed E-state index contributed by atoms with van der Waals surface area (Å²) >= 11 is 0. The molecule has 0 spiro atoms. The van der Waals surface area contributed by atoms with E-state index in [-0.39, 0.29) is 16.2 Å². The molecule has 3 heteroatoms. The Kier molecular flexibility index (Phi) is 4.12. The van der Waals surface area contributed by atoms with Gasteiger partial charge in [0.2, 0.25) is 5.89 Å². The first kappa shape index (κ1) is 19.3. The fraction of sp³-hybridized carbons (Fsp3) is 0.407. The molecular weight excluding hydrogens is 368 g/mol. The van der Waals surface area contributed by atoms with Gasteiger partial charge >= 0.3 is 0 Å². The Morgan fingerprint density at radius 1 is 0.867 bits per heavy atom. The van der Waals surface area contributed by atoms with Gasteiger partial charge in [0, 0.05) is 16.2 Å². The molecule has 1 heterocycles. The number of benzene rings is 2. The van der Waals surface area contributed by atoms with E-state index in [1.807, 2.05) is 0 Å². The second-order valence-electron chi connectivity index (χ2n) is 10.3. The van der Waals surface area contributed by atoms with E-state index < -0.39 is 0 Å². The molecule has 0 amide bonds. The van der Waals surface area contributed by atoms with Crippen molar-refractivity contribution in [1.82, 2.24) is 10.1 Å². The molecular formula is C27H30N2O. The van der Waals surface area contributed by atoms with Crippen molar-refractivity contribution in [1.29, 1.82) is 0 Å². The molecule has 1 fully saturated rings. The average Bonchev–Trinajstić information content (AvgIpc) is 3.35. The van der Waals surface area contributed by atoms with Crippen LogP contribution in [0.15, 0.2) is 59.4 Å². The minimum atomic E-state index is 0.0668. The first-order valence-electron chi connectivity index (χ1n) is 10.9. The zero-order valence-electron chi connectivity index (χ0n) is 18.6. The normalized spacial score (nSPS) is 20.0. The van der Waals surface area contributed by atoms with Crippen LogP contribution in [0.1, 0.15) is 79.8 Å².